The van der Waals surface area contributed by atoms with Gasteiger partial charge in [-0.15, -0.1) is 0 Å². The van der Waals surface area contributed by atoms with E-state index in [0.29, 0.717) is 11.3 Å². The molecule has 0 aliphatic rings. The molecule has 124 valence electrons. The third-order valence-electron chi connectivity index (χ3n) is 3.14. The van der Waals surface area contributed by atoms with Crippen LogP contribution in [-0.2, 0) is 14.8 Å². The Kier molecular flexibility index (Phi) is 5.28. The Morgan fingerprint density at radius 2 is 2.00 bits per heavy atom. The molecule has 0 heterocycles. The van der Waals surface area contributed by atoms with Gasteiger partial charge in [-0.25, -0.2) is 17.5 Å². The molecule has 0 spiro atoms. The van der Waals surface area contributed by atoms with Gasteiger partial charge in [0.15, 0.2) is 0 Å². The number of benzene rings is 2. The molecule has 1 amide bonds. The maximum absolute atomic E-state index is 13.2. The van der Waals surface area contributed by atoms with Crippen molar-refractivity contribution in [2.45, 2.75) is 11.8 Å². The lowest BCUT2D eigenvalue weighted by Gasteiger charge is -2.09. The quantitative estimate of drug-likeness (QED) is 0.863. The maximum atomic E-state index is 13.2. The van der Waals surface area contributed by atoms with Gasteiger partial charge in [0.2, 0.25) is 15.9 Å². The molecule has 0 unspecified atom stereocenters. The van der Waals surface area contributed by atoms with Crippen molar-refractivity contribution >= 4 is 21.6 Å². The molecule has 0 radical (unpaired) electrons. The standard InChI is InChI=1S/C16H14FN3O3S/c1-11-7-14(5-6-15(11)17)24(22,23)19-10-16(21)20-13-4-2-3-12(8-13)9-18/h2-8,19H,10H2,1H3,(H,20,21). The van der Waals surface area contributed by atoms with Crippen molar-refractivity contribution < 1.29 is 17.6 Å². The molecule has 0 bridgehead atoms. The lowest BCUT2D eigenvalue weighted by Crippen LogP contribution is -2.33. The van der Waals surface area contributed by atoms with E-state index in [9.17, 15) is 17.6 Å². The van der Waals surface area contributed by atoms with E-state index in [1.54, 1.807) is 18.2 Å². The summed E-state index contributed by atoms with van der Waals surface area (Å²) in [4.78, 5) is 11.7. The summed E-state index contributed by atoms with van der Waals surface area (Å²) in [5.41, 5.74) is 0.946. The topological polar surface area (TPSA) is 99.1 Å². The fraction of sp³-hybridized carbons (Fsp3) is 0.125. The van der Waals surface area contributed by atoms with Crippen molar-refractivity contribution in [1.29, 1.82) is 5.26 Å². The van der Waals surface area contributed by atoms with Gasteiger partial charge in [-0.3, -0.25) is 4.79 Å². The van der Waals surface area contributed by atoms with E-state index < -0.39 is 28.3 Å². The highest BCUT2D eigenvalue weighted by molar-refractivity contribution is 7.89. The number of hydrogen-bond acceptors (Lipinski definition) is 4. The molecular formula is C16H14FN3O3S. The Balaban J connectivity index is 2.02. The SMILES string of the molecule is Cc1cc(S(=O)(=O)NCC(=O)Nc2cccc(C#N)c2)ccc1F. The average molecular weight is 347 g/mol. The predicted molar refractivity (Wildman–Crippen MR) is 86.1 cm³/mol. The number of hydrogen-bond donors (Lipinski definition) is 2. The number of nitriles is 1. The van der Waals surface area contributed by atoms with Crippen molar-refractivity contribution in [3.8, 4) is 6.07 Å². The van der Waals surface area contributed by atoms with E-state index in [4.69, 9.17) is 5.26 Å². The lowest BCUT2D eigenvalue weighted by atomic mass is 10.2. The van der Waals surface area contributed by atoms with Gasteiger partial charge in [0.05, 0.1) is 23.1 Å². The van der Waals surface area contributed by atoms with E-state index in [1.165, 1.54) is 19.1 Å². The Bertz CT molecular complexity index is 920. The zero-order valence-electron chi connectivity index (χ0n) is 12.7. The van der Waals surface area contributed by atoms with Crippen molar-refractivity contribution in [3.05, 3.63) is 59.4 Å². The average Bonchev–Trinajstić information content (AvgIpc) is 2.55. The number of nitrogens with zero attached hydrogens (tertiary/aromatic N) is 1. The third kappa shape index (κ3) is 4.38. The number of aryl methyl sites for hydroxylation is 1. The van der Waals surface area contributed by atoms with E-state index >= 15 is 0 Å². The summed E-state index contributed by atoms with van der Waals surface area (Å²) >= 11 is 0. The van der Waals surface area contributed by atoms with Crippen LogP contribution in [0.1, 0.15) is 11.1 Å². The zero-order chi connectivity index (χ0) is 17.7. The second kappa shape index (κ2) is 7.21. The molecule has 0 atom stereocenters. The zero-order valence-corrected chi connectivity index (χ0v) is 13.5. The molecule has 0 aromatic heterocycles. The normalized spacial score (nSPS) is 10.9. The predicted octanol–water partition coefficient (Wildman–Crippen LogP) is 1.92. The molecule has 8 heteroatoms. The molecule has 0 fully saturated rings. The highest BCUT2D eigenvalue weighted by Gasteiger charge is 2.16. The molecule has 2 N–H and O–H groups in total. The Hall–Kier alpha value is -2.76. The smallest absolute Gasteiger partial charge is 0.241 e. The third-order valence-corrected chi connectivity index (χ3v) is 4.54. The van der Waals surface area contributed by atoms with Crippen LogP contribution in [0, 0.1) is 24.1 Å². The number of sulfonamides is 1. The van der Waals surface area contributed by atoms with Crippen LogP contribution in [0.2, 0.25) is 0 Å². The molecule has 0 saturated carbocycles. The van der Waals surface area contributed by atoms with Gasteiger partial charge >= 0.3 is 0 Å². The number of carbonyl (C=O) groups is 1. The molecule has 0 saturated heterocycles. The lowest BCUT2D eigenvalue weighted by molar-refractivity contribution is -0.115. The van der Waals surface area contributed by atoms with Gasteiger partial charge < -0.3 is 5.32 Å². The Morgan fingerprint density at radius 1 is 1.25 bits per heavy atom. The van der Waals surface area contributed by atoms with Crippen LogP contribution in [0.5, 0.6) is 0 Å². The number of nitrogens with one attached hydrogen (secondary N) is 2. The minimum absolute atomic E-state index is 0.124. The van der Waals surface area contributed by atoms with Crippen molar-refractivity contribution in [2.24, 2.45) is 0 Å². The second-order valence-electron chi connectivity index (χ2n) is 4.98. The van der Waals surface area contributed by atoms with E-state index in [1.807, 2.05) is 6.07 Å². The highest BCUT2D eigenvalue weighted by atomic mass is 32.2. The van der Waals surface area contributed by atoms with Crippen LogP contribution in [0.3, 0.4) is 0 Å². The Morgan fingerprint density at radius 3 is 2.67 bits per heavy atom. The first kappa shape index (κ1) is 17.6. The summed E-state index contributed by atoms with van der Waals surface area (Å²) < 4.78 is 39.5. The summed E-state index contributed by atoms with van der Waals surface area (Å²) in [6, 6.07) is 11.5. The molecule has 2 aromatic rings. The summed E-state index contributed by atoms with van der Waals surface area (Å²) in [6.07, 6.45) is 0. The highest BCUT2D eigenvalue weighted by Crippen LogP contribution is 2.14. The van der Waals surface area contributed by atoms with E-state index in [2.05, 4.69) is 10.0 Å². The van der Waals surface area contributed by atoms with Crippen molar-refractivity contribution in [1.82, 2.24) is 4.72 Å². The van der Waals surface area contributed by atoms with Crippen LogP contribution in [0.25, 0.3) is 0 Å². The van der Waals surface area contributed by atoms with Gasteiger partial charge in [0.25, 0.3) is 0 Å². The summed E-state index contributed by atoms with van der Waals surface area (Å²) in [7, 11) is -3.93. The first-order chi connectivity index (χ1) is 11.3. The monoisotopic (exact) mass is 347 g/mol. The molecule has 0 aliphatic heterocycles. The van der Waals surface area contributed by atoms with Crippen LogP contribution >= 0.6 is 0 Å². The number of amides is 1. The fourth-order valence-corrected chi connectivity index (χ4v) is 2.97. The van der Waals surface area contributed by atoms with Crippen LogP contribution in [0.4, 0.5) is 10.1 Å². The molecule has 2 rings (SSSR count). The van der Waals surface area contributed by atoms with Crippen LogP contribution in [0.15, 0.2) is 47.4 Å². The van der Waals surface area contributed by atoms with E-state index in [0.717, 1.165) is 12.1 Å². The van der Waals surface area contributed by atoms with Gasteiger partial charge in [-0.05, 0) is 48.9 Å². The number of rotatable bonds is 5. The first-order valence-electron chi connectivity index (χ1n) is 6.87. The number of halogens is 1. The number of carbonyl (C=O) groups excluding carboxylic acids is 1. The molecule has 0 aliphatic carbocycles. The van der Waals surface area contributed by atoms with Crippen LogP contribution < -0.4 is 10.0 Å². The summed E-state index contributed by atoms with van der Waals surface area (Å²) in [5, 5.41) is 11.3. The summed E-state index contributed by atoms with van der Waals surface area (Å²) in [5.74, 6) is -1.10. The van der Waals surface area contributed by atoms with Gasteiger partial charge in [-0.1, -0.05) is 6.07 Å². The van der Waals surface area contributed by atoms with Crippen LogP contribution in [-0.4, -0.2) is 20.9 Å². The minimum atomic E-state index is -3.93. The minimum Gasteiger partial charge on any atom is -0.325 e. The van der Waals surface area contributed by atoms with Crippen molar-refractivity contribution in [2.75, 3.05) is 11.9 Å². The molecular weight excluding hydrogens is 333 g/mol. The molecule has 6 nitrogen and oxygen atoms in total. The van der Waals surface area contributed by atoms with Crippen molar-refractivity contribution in [3.63, 3.8) is 0 Å². The van der Waals surface area contributed by atoms with Gasteiger partial charge in [0, 0.05) is 5.69 Å². The van der Waals surface area contributed by atoms with Gasteiger partial charge in [0.1, 0.15) is 5.82 Å². The Labute approximate surface area is 139 Å². The van der Waals surface area contributed by atoms with Gasteiger partial charge in [-0.2, -0.15) is 5.26 Å². The van der Waals surface area contributed by atoms with E-state index in [-0.39, 0.29) is 10.5 Å². The largest absolute Gasteiger partial charge is 0.325 e. The molecule has 24 heavy (non-hydrogen) atoms. The fourth-order valence-electron chi connectivity index (χ4n) is 1.90. The first-order valence-corrected chi connectivity index (χ1v) is 8.36. The maximum Gasteiger partial charge on any atom is 0.241 e. The number of anilines is 1. The summed E-state index contributed by atoms with van der Waals surface area (Å²) in [6.45, 7) is 0.957. The second-order valence-corrected chi connectivity index (χ2v) is 6.74. The molecule has 2 aromatic carbocycles.